The maximum atomic E-state index is 12.7. The normalized spacial score (nSPS) is 22.0. The number of hydrogen-bond donors (Lipinski definition) is 1. The van der Waals surface area contributed by atoms with Crippen LogP contribution < -0.4 is 5.73 Å². The fourth-order valence-electron chi connectivity index (χ4n) is 3.53. The van der Waals surface area contributed by atoms with Gasteiger partial charge in [0.15, 0.2) is 0 Å². The fourth-order valence-corrected chi connectivity index (χ4v) is 5.10. The summed E-state index contributed by atoms with van der Waals surface area (Å²) in [7, 11) is 0. The lowest BCUT2D eigenvalue weighted by molar-refractivity contribution is -0.133. The molecule has 1 heterocycles. The molecular weight excluding hydrogens is 316 g/mol. The molecule has 1 aliphatic heterocycles. The minimum absolute atomic E-state index is 0. The third kappa shape index (κ3) is 3.79. The lowest BCUT2D eigenvalue weighted by Crippen LogP contribution is -2.52. The van der Waals surface area contributed by atoms with E-state index >= 15 is 0 Å². The summed E-state index contributed by atoms with van der Waals surface area (Å²) in [5.74, 6) is 1.14. The van der Waals surface area contributed by atoms with Crippen molar-refractivity contribution in [2.75, 3.05) is 18.8 Å². The Morgan fingerprint density at radius 1 is 1.18 bits per heavy atom. The standard InChI is InChI=1S/C17H24N2OS.ClH/c18-15(14-7-3-1-4-8-14)16(20)19-11-12-21-17(13-19)9-5-2-6-10-17;/h1,3-4,7-8,15H,2,5-6,9-13,18H2;1H. The van der Waals surface area contributed by atoms with Gasteiger partial charge in [-0.25, -0.2) is 0 Å². The van der Waals surface area contributed by atoms with Crippen LogP contribution in [0.5, 0.6) is 0 Å². The average molecular weight is 341 g/mol. The SMILES string of the molecule is Cl.NC(C(=O)N1CCSC2(CCCCC2)C1)c1ccccc1. The summed E-state index contributed by atoms with van der Waals surface area (Å²) in [6.45, 7) is 1.73. The second-order valence-corrected chi connectivity index (χ2v) is 7.80. The zero-order chi connectivity index (χ0) is 14.7. The van der Waals surface area contributed by atoms with E-state index in [4.69, 9.17) is 5.73 Å². The molecule has 22 heavy (non-hydrogen) atoms. The molecule has 1 aromatic rings. The number of carbonyl (C=O) groups is 1. The van der Waals surface area contributed by atoms with Crippen molar-refractivity contribution in [2.24, 2.45) is 5.73 Å². The van der Waals surface area contributed by atoms with Crippen molar-refractivity contribution < 1.29 is 4.79 Å². The molecule has 3 rings (SSSR count). The average Bonchev–Trinajstić information content (AvgIpc) is 2.55. The maximum Gasteiger partial charge on any atom is 0.244 e. The molecule has 5 heteroatoms. The topological polar surface area (TPSA) is 46.3 Å². The van der Waals surface area contributed by atoms with Crippen LogP contribution >= 0.6 is 24.2 Å². The van der Waals surface area contributed by atoms with Gasteiger partial charge in [0.1, 0.15) is 6.04 Å². The lowest BCUT2D eigenvalue weighted by atomic mass is 9.87. The number of amides is 1. The molecule has 0 aromatic heterocycles. The molecule has 1 spiro atoms. The Labute approximate surface area is 143 Å². The highest BCUT2D eigenvalue weighted by Crippen LogP contribution is 2.43. The predicted octanol–water partition coefficient (Wildman–Crippen LogP) is 3.39. The molecule has 1 saturated heterocycles. The summed E-state index contributed by atoms with van der Waals surface area (Å²) < 4.78 is 0.308. The quantitative estimate of drug-likeness (QED) is 0.897. The van der Waals surface area contributed by atoms with E-state index in [1.165, 1.54) is 32.1 Å². The van der Waals surface area contributed by atoms with Crippen molar-refractivity contribution >= 4 is 30.1 Å². The second kappa shape index (κ2) is 7.71. The molecule has 1 atom stereocenters. The Hall–Kier alpha value is -0.710. The van der Waals surface area contributed by atoms with E-state index in [-0.39, 0.29) is 18.3 Å². The van der Waals surface area contributed by atoms with Crippen LogP contribution in [0.15, 0.2) is 30.3 Å². The molecule has 2 N–H and O–H groups in total. The van der Waals surface area contributed by atoms with E-state index in [1.807, 2.05) is 35.2 Å². The van der Waals surface area contributed by atoms with E-state index in [2.05, 4.69) is 11.8 Å². The van der Waals surface area contributed by atoms with Crippen LogP contribution in [0.3, 0.4) is 0 Å². The molecule has 1 saturated carbocycles. The van der Waals surface area contributed by atoms with Gasteiger partial charge in [0.05, 0.1) is 0 Å². The van der Waals surface area contributed by atoms with Crippen LogP contribution in [0.2, 0.25) is 0 Å². The van der Waals surface area contributed by atoms with Gasteiger partial charge in [-0.1, -0.05) is 49.6 Å². The Bertz CT molecular complexity index is 485. The summed E-state index contributed by atoms with van der Waals surface area (Å²) in [5, 5.41) is 0. The van der Waals surface area contributed by atoms with Crippen molar-refractivity contribution in [2.45, 2.75) is 42.9 Å². The second-order valence-electron chi connectivity index (χ2n) is 6.24. The summed E-state index contributed by atoms with van der Waals surface area (Å²) in [6, 6.07) is 9.20. The highest BCUT2D eigenvalue weighted by Gasteiger charge is 2.39. The van der Waals surface area contributed by atoms with E-state index in [9.17, 15) is 4.79 Å². The van der Waals surface area contributed by atoms with Crippen LogP contribution in [0, 0.1) is 0 Å². The molecule has 0 radical (unpaired) electrons. The van der Waals surface area contributed by atoms with Gasteiger partial charge in [-0.05, 0) is 18.4 Å². The van der Waals surface area contributed by atoms with Gasteiger partial charge in [-0.15, -0.1) is 12.4 Å². The fraction of sp³-hybridized carbons (Fsp3) is 0.588. The number of halogens is 1. The maximum absolute atomic E-state index is 12.7. The first-order valence-corrected chi connectivity index (χ1v) is 8.92. The number of thioether (sulfide) groups is 1. The first-order chi connectivity index (χ1) is 10.2. The minimum Gasteiger partial charge on any atom is -0.339 e. The molecule has 122 valence electrons. The number of nitrogens with two attached hydrogens (primary N) is 1. The molecule has 0 bridgehead atoms. The van der Waals surface area contributed by atoms with E-state index in [0.717, 1.165) is 24.4 Å². The molecular formula is C17H25ClN2OS. The molecule has 2 fully saturated rings. The summed E-state index contributed by atoms with van der Waals surface area (Å²) in [6.07, 6.45) is 6.46. The predicted molar refractivity (Wildman–Crippen MR) is 95.5 cm³/mol. The van der Waals surface area contributed by atoms with Crippen molar-refractivity contribution in [1.82, 2.24) is 4.90 Å². The largest absolute Gasteiger partial charge is 0.339 e. The highest BCUT2D eigenvalue weighted by molar-refractivity contribution is 8.00. The third-order valence-electron chi connectivity index (χ3n) is 4.75. The van der Waals surface area contributed by atoms with Crippen LogP contribution in [-0.2, 0) is 4.79 Å². The summed E-state index contributed by atoms with van der Waals surface area (Å²) in [5.41, 5.74) is 7.10. The number of nitrogens with zero attached hydrogens (tertiary/aromatic N) is 1. The van der Waals surface area contributed by atoms with Crippen molar-refractivity contribution in [3.8, 4) is 0 Å². The van der Waals surface area contributed by atoms with Crippen LogP contribution in [0.1, 0.15) is 43.7 Å². The van der Waals surface area contributed by atoms with E-state index in [0.29, 0.717) is 4.75 Å². The number of carbonyl (C=O) groups excluding carboxylic acids is 1. The number of benzene rings is 1. The lowest BCUT2D eigenvalue weighted by Gasteiger charge is -2.45. The molecule has 1 aromatic carbocycles. The first-order valence-electron chi connectivity index (χ1n) is 7.94. The summed E-state index contributed by atoms with van der Waals surface area (Å²) in [4.78, 5) is 14.7. The molecule has 1 unspecified atom stereocenters. The zero-order valence-corrected chi connectivity index (χ0v) is 14.5. The molecule has 1 aliphatic carbocycles. The zero-order valence-electron chi connectivity index (χ0n) is 12.9. The Balaban J connectivity index is 0.00000176. The van der Waals surface area contributed by atoms with E-state index < -0.39 is 6.04 Å². The van der Waals surface area contributed by atoms with Gasteiger partial charge < -0.3 is 10.6 Å². The van der Waals surface area contributed by atoms with Crippen LogP contribution in [0.25, 0.3) is 0 Å². The van der Waals surface area contributed by atoms with Crippen molar-refractivity contribution in [3.63, 3.8) is 0 Å². The Morgan fingerprint density at radius 2 is 1.86 bits per heavy atom. The van der Waals surface area contributed by atoms with Gasteiger partial charge in [0, 0.05) is 23.6 Å². The number of hydrogen-bond acceptors (Lipinski definition) is 3. The Morgan fingerprint density at radius 3 is 2.55 bits per heavy atom. The van der Waals surface area contributed by atoms with Gasteiger partial charge in [-0.2, -0.15) is 11.8 Å². The van der Waals surface area contributed by atoms with Gasteiger partial charge in [0.2, 0.25) is 5.91 Å². The highest BCUT2D eigenvalue weighted by atomic mass is 35.5. The van der Waals surface area contributed by atoms with E-state index in [1.54, 1.807) is 0 Å². The van der Waals surface area contributed by atoms with Crippen LogP contribution in [0.4, 0.5) is 0 Å². The van der Waals surface area contributed by atoms with Crippen LogP contribution in [-0.4, -0.2) is 34.4 Å². The Kier molecular flexibility index (Phi) is 6.18. The van der Waals surface area contributed by atoms with Gasteiger partial charge in [-0.3, -0.25) is 4.79 Å². The molecule has 1 amide bonds. The first kappa shape index (κ1) is 17.6. The van der Waals surface area contributed by atoms with Gasteiger partial charge in [0.25, 0.3) is 0 Å². The number of rotatable bonds is 2. The van der Waals surface area contributed by atoms with Crippen molar-refractivity contribution in [3.05, 3.63) is 35.9 Å². The smallest absolute Gasteiger partial charge is 0.244 e. The monoisotopic (exact) mass is 340 g/mol. The van der Waals surface area contributed by atoms with Gasteiger partial charge >= 0.3 is 0 Å². The summed E-state index contributed by atoms with van der Waals surface area (Å²) >= 11 is 2.08. The van der Waals surface area contributed by atoms with Crippen molar-refractivity contribution in [1.29, 1.82) is 0 Å². The minimum atomic E-state index is -0.519. The molecule has 3 nitrogen and oxygen atoms in total. The third-order valence-corrected chi connectivity index (χ3v) is 6.29. The molecule has 2 aliphatic rings.